The van der Waals surface area contributed by atoms with Crippen molar-refractivity contribution in [1.82, 2.24) is 5.32 Å². The second-order valence-electron chi connectivity index (χ2n) is 3.11. The first-order valence-corrected chi connectivity index (χ1v) is 5.01. The van der Waals surface area contributed by atoms with Crippen LogP contribution in [0.5, 0.6) is 0 Å². The highest BCUT2D eigenvalue weighted by atomic mass is 32.1. The van der Waals surface area contributed by atoms with Gasteiger partial charge < -0.3 is 5.32 Å². The molecule has 0 bridgehead atoms. The van der Waals surface area contributed by atoms with Gasteiger partial charge in [0.15, 0.2) is 0 Å². The molecule has 0 saturated carbocycles. The molecule has 13 heavy (non-hydrogen) atoms. The highest BCUT2D eigenvalue weighted by molar-refractivity contribution is 7.08. The summed E-state index contributed by atoms with van der Waals surface area (Å²) in [6.07, 6.45) is 0. The molecule has 70 valence electrons. The zero-order chi connectivity index (χ0) is 9.84. The molecule has 1 N–H and O–H groups in total. The molecule has 2 nitrogen and oxygen atoms in total. The molecule has 0 atom stereocenters. The van der Waals surface area contributed by atoms with E-state index in [0.717, 1.165) is 16.7 Å². The number of rotatable bonds is 3. The topological polar surface area (TPSA) is 29.1 Å². The smallest absolute Gasteiger partial charge is 0.252 e. The van der Waals surface area contributed by atoms with Crippen LogP contribution in [0.3, 0.4) is 0 Å². The zero-order valence-corrected chi connectivity index (χ0v) is 8.70. The lowest BCUT2D eigenvalue weighted by atomic mass is 10.2. The van der Waals surface area contributed by atoms with Gasteiger partial charge in [0.25, 0.3) is 5.91 Å². The van der Waals surface area contributed by atoms with E-state index in [4.69, 9.17) is 0 Å². The normalized spacial score (nSPS) is 9.69. The summed E-state index contributed by atoms with van der Waals surface area (Å²) in [6, 6.07) is 0. The van der Waals surface area contributed by atoms with Crippen LogP contribution in [0.25, 0.3) is 0 Å². The van der Waals surface area contributed by atoms with Gasteiger partial charge >= 0.3 is 0 Å². The van der Waals surface area contributed by atoms with Crippen LogP contribution < -0.4 is 5.32 Å². The molecular formula is C10H13NOS. The minimum Gasteiger partial charge on any atom is -0.348 e. The van der Waals surface area contributed by atoms with E-state index in [1.165, 1.54) is 0 Å². The average molecular weight is 195 g/mol. The van der Waals surface area contributed by atoms with Crippen LogP contribution in [-0.4, -0.2) is 12.5 Å². The van der Waals surface area contributed by atoms with Gasteiger partial charge in [0.1, 0.15) is 0 Å². The minimum atomic E-state index is -0.0123. The first-order valence-electron chi connectivity index (χ1n) is 4.06. The van der Waals surface area contributed by atoms with Gasteiger partial charge in [-0.1, -0.05) is 12.2 Å². The molecule has 0 aliphatic heterocycles. The van der Waals surface area contributed by atoms with Gasteiger partial charge in [-0.05, 0) is 24.8 Å². The predicted molar refractivity (Wildman–Crippen MR) is 56.2 cm³/mol. The van der Waals surface area contributed by atoms with E-state index in [0.29, 0.717) is 6.54 Å². The second-order valence-corrected chi connectivity index (χ2v) is 3.85. The first-order chi connectivity index (χ1) is 6.11. The van der Waals surface area contributed by atoms with Crippen LogP contribution in [0.1, 0.15) is 22.8 Å². The Morgan fingerprint density at radius 2 is 2.31 bits per heavy atom. The molecule has 0 saturated heterocycles. The summed E-state index contributed by atoms with van der Waals surface area (Å²) >= 11 is 1.55. The maximum atomic E-state index is 11.5. The van der Waals surface area contributed by atoms with Gasteiger partial charge in [0, 0.05) is 11.9 Å². The summed E-state index contributed by atoms with van der Waals surface area (Å²) in [4.78, 5) is 11.5. The fourth-order valence-electron chi connectivity index (χ4n) is 0.920. The highest BCUT2D eigenvalue weighted by Crippen LogP contribution is 2.13. The van der Waals surface area contributed by atoms with Crippen molar-refractivity contribution >= 4 is 17.2 Å². The minimum absolute atomic E-state index is 0.0123. The lowest BCUT2D eigenvalue weighted by Crippen LogP contribution is -2.24. The summed E-state index contributed by atoms with van der Waals surface area (Å²) in [5.41, 5.74) is 2.76. The number of nitrogens with one attached hydrogen (secondary N) is 1. The molecule has 0 aromatic carbocycles. The standard InChI is InChI=1S/C10H13NOS/c1-7(2)4-11-10(12)9-6-13-5-8(9)3/h5-6H,1,4H2,2-3H3,(H,11,12). The van der Waals surface area contributed by atoms with Gasteiger partial charge in [-0.2, -0.15) is 11.3 Å². The van der Waals surface area contributed by atoms with Crippen molar-refractivity contribution in [2.75, 3.05) is 6.54 Å². The molecule has 0 fully saturated rings. The van der Waals surface area contributed by atoms with Gasteiger partial charge in [0.05, 0.1) is 5.56 Å². The Labute approximate surface area is 82.3 Å². The zero-order valence-electron chi connectivity index (χ0n) is 7.89. The van der Waals surface area contributed by atoms with E-state index in [1.54, 1.807) is 11.3 Å². The van der Waals surface area contributed by atoms with Crippen molar-refractivity contribution in [3.05, 3.63) is 34.0 Å². The molecule has 1 amide bonds. The third-order valence-corrected chi connectivity index (χ3v) is 2.51. The summed E-state index contributed by atoms with van der Waals surface area (Å²) in [5.74, 6) is -0.0123. The van der Waals surface area contributed by atoms with Crippen LogP contribution in [0.2, 0.25) is 0 Å². The largest absolute Gasteiger partial charge is 0.348 e. The van der Waals surface area contributed by atoms with Crippen LogP contribution in [-0.2, 0) is 0 Å². The van der Waals surface area contributed by atoms with Gasteiger partial charge in [-0.3, -0.25) is 4.79 Å². The van der Waals surface area contributed by atoms with Gasteiger partial charge in [-0.25, -0.2) is 0 Å². The fourth-order valence-corrected chi connectivity index (χ4v) is 1.75. The second kappa shape index (κ2) is 4.23. The molecule has 1 rings (SSSR count). The Morgan fingerprint density at radius 1 is 1.62 bits per heavy atom. The monoisotopic (exact) mass is 195 g/mol. The van der Waals surface area contributed by atoms with E-state index >= 15 is 0 Å². The fraction of sp³-hybridized carbons (Fsp3) is 0.300. The number of carbonyl (C=O) groups excluding carboxylic acids is 1. The van der Waals surface area contributed by atoms with E-state index in [2.05, 4.69) is 11.9 Å². The molecule has 0 unspecified atom stereocenters. The summed E-state index contributed by atoms with van der Waals surface area (Å²) < 4.78 is 0. The summed E-state index contributed by atoms with van der Waals surface area (Å²) in [6.45, 7) is 8.09. The Morgan fingerprint density at radius 3 is 2.77 bits per heavy atom. The average Bonchev–Trinajstić information content (AvgIpc) is 2.47. The molecule has 0 aliphatic rings. The van der Waals surface area contributed by atoms with Crippen LogP contribution in [0.15, 0.2) is 22.9 Å². The number of carbonyl (C=O) groups is 1. The molecular weight excluding hydrogens is 182 g/mol. The molecule has 0 radical (unpaired) electrons. The van der Waals surface area contributed by atoms with Crippen LogP contribution >= 0.6 is 11.3 Å². The molecule has 0 spiro atoms. The lowest BCUT2D eigenvalue weighted by Gasteiger charge is -2.03. The van der Waals surface area contributed by atoms with E-state index < -0.39 is 0 Å². The van der Waals surface area contributed by atoms with Crippen LogP contribution in [0, 0.1) is 6.92 Å². The lowest BCUT2D eigenvalue weighted by molar-refractivity contribution is 0.0957. The third-order valence-electron chi connectivity index (χ3n) is 1.65. The number of hydrogen-bond donors (Lipinski definition) is 1. The Balaban J connectivity index is 2.59. The van der Waals surface area contributed by atoms with E-state index in [1.807, 2.05) is 24.6 Å². The van der Waals surface area contributed by atoms with Crippen molar-refractivity contribution < 1.29 is 4.79 Å². The van der Waals surface area contributed by atoms with Gasteiger partial charge in [0.2, 0.25) is 0 Å². The Bertz CT molecular complexity index is 327. The molecule has 0 aliphatic carbocycles. The number of aryl methyl sites for hydroxylation is 1. The molecule has 3 heteroatoms. The quantitative estimate of drug-likeness (QED) is 0.737. The molecule has 1 aromatic heterocycles. The van der Waals surface area contributed by atoms with E-state index in [-0.39, 0.29) is 5.91 Å². The van der Waals surface area contributed by atoms with Crippen molar-refractivity contribution in [2.45, 2.75) is 13.8 Å². The van der Waals surface area contributed by atoms with Crippen molar-refractivity contribution in [3.63, 3.8) is 0 Å². The number of hydrogen-bond acceptors (Lipinski definition) is 2. The van der Waals surface area contributed by atoms with E-state index in [9.17, 15) is 4.79 Å². The van der Waals surface area contributed by atoms with Crippen molar-refractivity contribution in [1.29, 1.82) is 0 Å². The number of thiophene rings is 1. The maximum absolute atomic E-state index is 11.5. The number of amides is 1. The first kappa shape index (κ1) is 9.99. The summed E-state index contributed by atoms with van der Waals surface area (Å²) in [5, 5.41) is 6.63. The maximum Gasteiger partial charge on any atom is 0.252 e. The van der Waals surface area contributed by atoms with Gasteiger partial charge in [-0.15, -0.1) is 0 Å². The molecule has 1 aromatic rings. The predicted octanol–water partition coefficient (Wildman–Crippen LogP) is 2.36. The Hall–Kier alpha value is -1.09. The van der Waals surface area contributed by atoms with Crippen LogP contribution in [0.4, 0.5) is 0 Å². The summed E-state index contributed by atoms with van der Waals surface area (Å²) in [7, 11) is 0. The third kappa shape index (κ3) is 2.70. The Kier molecular flexibility index (Phi) is 3.25. The highest BCUT2D eigenvalue weighted by Gasteiger charge is 2.08. The van der Waals surface area contributed by atoms with Crippen molar-refractivity contribution in [2.24, 2.45) is 0 Å². The molecule has 1 heterocycles. The SMILES string of the molecule is C=C(C)CNC(=O)c1cscc1C. The van der Waals surface area contributed by atoms with Crippen molar-refractivity contribution in [3.8, 4) is 0 Å².